The number of esters is 1. The Labute approximate surface area is 202 Å². The quantitative estimate of drug-likeness (QED) is 0.249. The standard InChI is InChI=1S/C30H48O3/c1-18(2)19(3)8-9-20(4)24-10-11-25-29(24,7)15-13-26-28(6)14-12-23(32-21(5)31)16-22(28)17-27-30(25,26)33-27/h8-9,18-20,22-27H,10-17H2,1-7H3. The Bertz CT molecular complexity index is 802. The van der Waals surface area contributed by atoms with Gasteiger partial charge >= 0.3 is 5.97 Å². The first-order chi connectivity index (χ1) is 15.5. The number of carbonyl (C=O) groups is 1. The monoisotopic (exact) mass is 456 g/mol. The van der Waals surface area contributed by atoms with Crippen molar-refractivity contribution >= 4 is 5.97 Å². The van der Waals surface area contributed by atoms with Crippen LogP contribution < -0.4 is 0 Å². The fourth-order valence-electron chi connectivity index (χ4n) is 9.57. The second-order valence-corrected chi connectivity index (χ2v) is 13.6. The minimum Gasteiger partial charge on any atom is -0.463 e. The van der Waals surface area contributed by atoms with Crippen molar-refractivity contribution in [2.75, 3.05) is 0 Å². The summed E-state index contributed by atoms with van der Waals surface area (Å²) in [5, 5.41) is 0. The second-order valence-electron chi connectivity index (χ2n) is 13.6. The van der Waals surface area contributed by atoms with Crippen LogP contribution in [0.2, 0.25) is 0 Å². The van der Waals surface area contributed by atoms with Gasteiger partial charge in [-0.25, -0.2) is 0 Å². The highest BCUT2D eigenvalue weighted by atomic mass is 16.6. The Hall–Kier alpha value is -0.830. The molecule has 5 fully saturated rings. The second kappa shape index (κ2) is 8.10. The summed E-state index contributed by atoms with van der Waals surface area (Å²) in [5.74, 6) is 4.73. The summed E-state index contributed by atoms with van der Waals surface area (Å²) >= 11 is 0. The van der Waals surface area contributed by atoms with Crippen molar-refractivity contribution in [1.82, 2.24) is 0 Å². The molecule has 4 aliphatic carbocycles. The lowest BCUT2D eigenvalue weighted by Crippen LogP contribution is -2.59. The summed E-state index contributed by atoms with van der Waals surface area (Å²) < 4.78 is 12.5. The molecule has 3 nitrogen and oxygen atoms in total. The molecule has 3 heteroatoms. The Morgan fingerprint density at radius 2 is 1.64 bits per heavy atom. The third kappa shape index (κ3) is 3.57. The number of fused-ring (bicyclic) bond motifs is 3. The van der Waals surface area contributed by atoms with Gasteiger partial charge in [0.15, 0.2) is 0 Å². The zero-order chi connectivity index (χ0) is 23.8. The maximum absolute atomic E-state index is 11.6. The molecule has 0 bridgehead atoms. The van der Waals surface area contributed by atoms with Crippen molar-refractivity contribution in [3.8, 4) is 0 Å². The van der Waals surface area contributed by atoms with Crippen LogP contribution in [0.1, 0.15) is 99.8 Å². The number of epoxide rings is 1. The average molecular weight is 457 g/mol. The first-order valence-electron chi connectivity index (χ1n) is 14.1. The molecule has 1 spiro atoms. The number of carbonyl (C=O) groups excluding carboxylic acids is 1. The smallest absolute Gasteiger partial charge is 0.302 e. The molecule has 0 aromatic carbocycles. The van der Waals surface area contributed by atoms with E-state index in [2.05, 4.69) is 53.7 Å². The molecule has 0 amide bonds. The van der Waals surface area contributed by atoms with Crippen LogP contribution in [-0.4, -0.2) is 23.8 Å². The first kappa shape index (κ1) is 23.9. The van der Waals surface area contributed by atoms with Gasteiger partial charge in [-0.2, -0.15) is 0 Å². The van der Waals surface area contributed by atoms with Gasteiger partial charge in [0.1, 0.15) is 11.7 Å². The molecule has 1 saturated heterocycles. The van der Waals surface area contributed by atoms with Crippen LogP contribution in [0.5, 0.6) is 0 Å². The number of hydrogen-bond donors (Lipinski definition) is 0. The zero-order valence-corrected chi connectivity index (χ0v) is 22.2. The summed E-state index contributed by atoms with van der Waals surface area (Å²) in [6.45, 7) is 16.2. The summed E-state index contributed by atoms with van der Waals surface area (Å²) in [6, 6.07) is 0. The van der Waals surface area contributed by atoms with Crippen molar-refractivity contribution < 1.29 is 14.3 Å². The molecule has 4 saturated carbocycles. The lowest BCUT2D eigenvalue weighted by atomic mass is 9.44. The molecule has 1 aliphatic heterocycles. The molecular formula is C30H48O3. The Balaban J connectivity index is 1.34. The fraction of sp³-hybridized carbons (Fsp3) is 0.900. The van der Waals surface area contributed by atoms with Crippen molar-refractivity contribution in [2.45, 2.75) is 118 Å². The molecule has 5 rings (SSSR count). The van der Waals surface area contributed by atoms with Crippen LogP contribution in [0.15, 0.2) is 12.2 Å². The normalized spacial score (nSPS) is 50.2. The minimum atomic E-state index is -0.118. The highest BCUT2D eigenvalue weighted by molar-refractivity contribution is 5.66. The molecule has 33 heavy (non-hydrogen) atoms. The van der Waals surface area contributed by atoms with Crippen molar-refractivity contribution in [1.29, 1.82) is 0 Å². The third-order valence-corrected chi connectivity index (χ3v) is 11.8. The zero-order valence-electron chi connectivity index (χ0n) is 22.2. The van der Waals surface area contributed by atoms with E-state index in [0.717, 1.165) is 24.7 Å². The topological polar surface area (TPSA) is 38.8 Å². The van der Waals surface area contributed by atoms with Gasteiger partial charge in [0, 0.05) is 6.92 Å². The van der Waals surface area contributed by atoms with Crippen molar-refractivity contribution in [3.05, 3.63) is 12.2 Å². The van der Waals surface area contributed by atoms with Crippen LogP contribution in [0.25, 0.3) is 0 Å². The van der Waals surface area contributed by atoms with Crippen molar-refractivity contribution in [2.24, 2.45) is 52.3 Å². The molecule has 5 aliphatic rings. The van der Waals surface area contributed by atoms with E-state index in [1.54, 1.807) is 6.92 Å². The molecule has 186 valence electrons. The van der Waals surface area contributed by atoms with Gasteiger partial charge in [0.25, 0.3) is 0 Å². The average Bonchev–Trinajstić information content (AvgIpc) is 3.32. The molecule has 1 heterocycles. The predicted molar refractivity (Wildman–Crippen MR) is 133 cm³/mol. The van der Waals surface area contributed by atoms with E-state index in [4.69, 9.17) is 9.47 Å². The molecule has 0 aromatic rings. The van der Waals surface area contributed by atoms with E-state index in [1.807, 2.05) is 0 Å². The van der Waals surface area contributed by atoms with E-state index in [-0.39, 0.29) is 17.7 Å². The summed E-state index contributed by atoms with van der Waals surface area (Å²) in [7, 11) is 0. The highest BCUT2D eigenvalue weighted by Gasteiger charge is 2.78. The molecule has 0 N–H and O–H groups in total. The summed E-state index contributed by atoms with van der Waals surface area (Å²) in [6.07, 6.45) is 15.5. The third-order valence-electron chi connectivity index (χ3n) is 11.8. The van der Waals surface area contributed by atoms with Gasteiger partial charge in [0.05, 0.1) is 6.10 Å². The van der Waals surface area contributed by atoms with E-state index in [9.17, 15) is 4.79 Å². The van der Waals surface area contributed by atoms with E-state index < -0.39 is 0 Å². The summed E-state index contributed by atoms with van der Waals surface area (Å²) in [4.78, 5) is 11.6. The van der Waals surface area contributed by atoms with Gasteiger partial charge in [-0.15, -0.1) is 0 Å². The Morgan fingerprint density at radius 1 is 0.939 bits per heavy atom. The fourth-order valence-corrected chi connectivity index (χ4v) is 9.57. The number of hydrogen-bond acceptors (Lipinski definition) is 3. The SMILES string of the molecule is CC(=O)OC1CCC2(C)C(C1)CC1OC13C2CCC1(C)C(C(C)C=CC(C)C(C)C)CCC13. The van der Waals surface area contributed by atoms with Gasteiger partial charge in [0.2, 0.25) is 0 Å². The molecule has 11 atom stereocenters. The Morgan fingerprint density at radius 3 is 2.33 bits per heavy atom. The number of allylic oxidation sites excluding steroid dienone is 2. The van der Waals surface area contributed by atoms with Crippen LogP contribution >= 0.6 is 0 Å². The number of rotatable bonds is 5. The van der Waals surface area contributed by atoms with Crippen molar-refractivity contribution in [3.63, 3.8) is 0 Å². The van der Waals surface area contributed by atoms with E-state index in [0.29, 0.717) is 46.5 Å². The largest absolute Gasteiger partial charge is 0.463 e. The van der Waals surface area contributed by atoms with Crippen LogP contribution in [0, 0.1) is 52.3 Å². The molecule has 0 radical (unpaired) electrons. The Kier molecular flexibility index (Phi) is 5.87. The maximum atomic E-state index is 11.6. The van der Waals surface area contributed by atoms with Gasteiger partial charge in [-0.05, 0) is 104 Å². The van der Waals surface area contributed by atoms with E-state index in [1.165, 1.54) is 38.5 Å². The lowest BCUT2D eigenvalue weighted by Gasteiger charge is -2.59. The van der Waals surface area contributed by atoms with Gasteiger partial charge in [-0.3, -0.25) is 4.79 Å². The molecular weight excluding hydrogens is 408 g/mol. The molecule has 0 aromatic heterocycles. The first-order valence-corrected chi connectivity index (χ1v) is 14.1. The maximum Gasteiger partial charge on any atom is 0.302 e. The van der Waals surface area contributed by atoms with Crippen LogP contribution in [0.4, 0.5) is 0 Å². The van der Waals surface area contributed by atoms with Crippen LogP contribution in [-0.2, 0) is 14.3 Å². The lowest BCUT2D eigenvalue weighted by molar-refractivity contribution is -0.157. The molecule has 11 unspecified atom stereocenters. The highest BCUT2D eigenvalue weighted by Crippen LogP contribution is 2.76. The number of ether oxygens (including phenoxy) is 2. The van der Waals surface area contributed by atoms with Gasteiger partial charge in [-0.1, -0.05) is 53.7 Å². The minimum absolute atomic E-state index is 0.118. The van der Waals surface area contributed by atoms with E-state index >= 15 is 0 Å². The summed E-state index contributed by atoms with van der Waals surface area (Å²) in [5.41, 5.74) is 0.908. The van der Waals surface area contributed by atoms with Crippen LogP contribution in [0.3, 0.4) is 0 Å². The van der Waals surface area contributed by atoms with Gasteiger partial charge < -0.3 is 9.47 Å². The predicted octanol–water partition coefficient (Wildman–Crippen LogP) is 7.19.